The largest absolute Gasteiger partial charge is 0.490 e. The van der Waals surface area contributed by atoms with Gasteiger partial charge < -0.3 is 29.3 Å². The molecular formula is C37H39Cl2F4N3O6. The van der Waals surface area contributed by atoms with Crippen molar-refractivity contribution in [3.63, 3.8) is 0 Å². The van der Waals surface area contributed by atoms with Gasteiger partial charge in [0.05, 0.1) is 10.0 Å². The molecule has 0 unspecified atom stereocenters. The molecular weight excluding hydrogens is 729 g/mol. The van der Waals surface area contributed by atoms with E-state index in [1.807, 2.05) is 28.0 Å². The number of ether oxygens (including phenoxy) is 2. The number of benzene rings is 3. The first-order valence-corrected chi connectivity index (χ1v) is 17.8. The lowest BCUT2D eigenvalue weighted by atomic mass is 9.90. The summed E-state index contributed by atoms with van der Waals surface area (Å²) in [4.78, 5) is 42.2. The fraction of sp³-hybridized carbons (Fsp3) is 0.432. The van der Waals surface area contributed by atoms with Crippen molar-refractivity contribution in [3.05, 3.63) is 87.7 Å². The molecule has 1 N–H and O–H groups in total. The number of carboxylic acid groups (broad SMARTS) is 1. The number of halogens is 6. The number of carbonyl (C=O) groups excluding carboxylic acids is 2. The summed E-state index contributed by atoms with van der Waals surface area (Å²) in [6.07, 6.45) is 0.126. The van der Waals surface area contributed by atoms with Crippen molar-refractivity contribution >= 4 is 46.7 Å². The van der Waals surface area contributed by atoms with Gasteiger partial charge in [0.1, 0.15) is 5.82 Å². The van der Waals surface area contributed by atoms with E-state index >= 15 is 0 Å². The van der Waals surface area contributed by atoms with Gasteiger partial charge in [-0.15, -0.1) is 0 Å². The van der Waals surface area contributed by atoms with E-state index in [1.54, 1.807) is 30.3 Å². The Morgan fingerprint density at radius 2 is 1.50 bits per heavy atom. The molecule has 0 spiro atoms. The summed E-state index contributed by atoms with van der Waals surface area (Å²) in [6, 6.07) is 17.4. The topological polar surface area (TPSA) is 99.6 Å². The Morgan fingerprint density at radius 1 is 0.846 bits per heavy atom. The zero-order chi connectivity index (χ0) is 37.4. The highest BCUT2D eigenvalue weighted by atomic mass is 35.5. The molecule has 9 nitrogen and oxygen atoms in total. The highest BCUT2D eigenvalue weighted by Crippen LogP contribution is 2.34. The number of piperidine rings is 2. The SMILES string of the molecule is O=C(O)C(F)(F)F.O=C(c1ccc2c(c1)OCO2)N1CCC(C(=O)N(CCCN2CCC(Cc3ccc(F)cc3)CC2)c2ccc(Cl)c(Cl)c2)CC1. The van der Waals surface area contributed by atoms with Crippen LogP contribution < -0.4 is 14.4 Å². The molecule has 280 valence electrons. The van der Waals surface area contributed by atoms with Crippen LogP contribution >= 0.6 is 23.2 Å². The number of nitrogens with zero attached hydrogens (tertiary/aromatic N) is 3. The highest BCUT2D eigenvalue weighted by Gasteiger charge is 2.38. The molecule has 15 heteroatoms. The predicted molar refractivity (Wildman–Crippen MR) is 188 cm³/mol. The van der Waals surface area contributed by atoms with Crippen molar-refractivity contribution < 1.29 is 46.5 Å². The molecule has 0 atom stereocenters. The normalized spacial score (nSPS) is 16.6. The molecule has 2 fully saturated rings. The van der Waals surface area contributed by atoms with Crippen LogP contribution in [-0.4, -0.2) is 84.9 Å². The van der Waals surface area contributed by atoms with Gasteiger partial charge in [0.25, 0.3) is 5.91 Å². The second kappa shape index (κ2) is 17.6. The van der Waals surface area contributed by atoms with Crippen LogP contribution in [0.4, 0.5) is 23.2 Å². The Hall–Kier alpha value is -4.07. The fourth-order valence-corrected chi connectivity index (χ4v) is 6.89. The summed E-state index contributed by atoms with van der Waals surface area (Å²) in [5, 5.41) is 7.99. The third-order valence-corrected chi connectivity index (χ3v) is 10.2. The number of hydrogen-bond donors (Lipinski definition) is 1. The van der Waals surface area contributed by atoms with E-state index in [0.29, 0.717) is 65.5 Å². The van der Waals surface area contributed by atoms with Crippen LogP contribution in [0, 0.1) is 17.7 Å². The minimum atomic E-state index is -5.08. The van der Waals surface area contributed by atoms with Crippen molar-refractivity contribution in [2.45, 2.75) is 44.7 Å². The Balaban J connectivity index is 0.000000679. The molecule has 0 aliphatic carbocycles. The Labute approximate surface area is 309 Å². The summed E-state index contributed by atoms with van der Waals surface area (Å²) < 4.78 is 55.8. The molecule has 3 aromatic rings. The molecule has 0 aromatic heterocycles. The van der Waals surface area contributed by atoms with Crippen molar-refractivity contribution in [2.24, 2.45) is 11.8 Å². The first kappa shape index (κ1) is 39.1. The maximum atomic E-state index is 14.0. The van der Waals surface area contributed by atoms with Crippen LogP contribution in [0.1, 0.15) is 48.0 Å². The average molecular weight is 769 g/mol. The van der Waals surface area contributed by atoms with Gasteiger partial charge in [-0.25, -0.2) is 9.18 Å². The third-order valence-electron chi connectivity index (χ3n) is 9.48. The van der Waals surface area contributed by atoms with Crippen LogP contribution in [0.5, 0.6) is 11.5 Å². The molecule has 2 amide bonds. The van der Waals surface area contributed by atoms with Gasteiger partial charge in [0.15, 0.2) is 11.5 Å². The van der Waals surface area contributed by atoms with Crippen LogP contribution in [0.15, 0.2) is 60.7 Å². The minimum Gasteiger partial charge on any atom is -0.475 e. The molecule has 3 aromatic carbocycles. The number of likely N-dealkylation sites (tertiary alicyclic amines) is 2. The lowest BCUT2D eigenvalue weighted by Gasteiger charge is -2.35. The van der Waals surface area contributed by atoms with E-state index in [4.69, 9.17) is 42.6 Å². The van der Waals surface area contributed by atoms with Gasteiger partial charge >= 0.3 is 12.1 Å². The quantitative estimate of drug-likeness (QED) is 0.223. The molecule has 0 saturated carbocycles. The van der Waals surface area contributed by atoms with E-state index in [-0.39, 0.29) is 30.3 Å². The maximum absolute atomic E-state index is 14.0. The van der Waals surface area contributed by atoms with Crippen molar-refractivity contribution in [1.29, 1.82) is 0 Å². The summed E-state index contributed by atoms with van der Waals surface area (Å²) in [7, 11) is 0. The molecule has 0 radical (unpaired) electrons. The van der Waals surface area contributed by atoms with Gasteiger partial charge in [-0.3, -0.25) is 9.59 Å². The standard InChI is InChI=1S/C35H38Cl2FN3O4.C2HF3O2/c36-30-8-7-29(22-31(30)37)41(15-1-14-39-16-10-25(11-17-39)20-24-2-5-28(38)6-3-24)35(43)26-12-18-40(19-13-26)34(42)27-4-9-32-33(21-27)45-23-44-32;3-2(4,5)1(6)7/h2-9,21-22,25-26H,1,10-20,23H2;(H,6,7). The molecule has 3 aliphatic heterocycles. The van der Waals surface area contributed by atoms with E-state index in [2.05, 4.69) is 4.90 Å². The fourth-order valence-electron chi connectivity index (χ4n) is 6.60. The van der Waals surface area contributed by atoms with Gasteiger partial charge in [-0.1, -0.05) is 35.3 Å². The maximum Gasteiger partial charge on any atom is 0.490 e. The van der Waals surface area contributed by atoms with Gasteiger partial charge in [-0.2, -0.15) is 13.2 Å². The van der Waals surface area contributed by atoms with Crippen molar-refractivity contribution in [3.8, 4) is 11.5 Å². The number of hydrogen-bond acceptors (Lipinski definition) is 6. The summed E-state index contributed by atoms with van der Waals surface area (Å²) in [6.45, 7) is 4.68. The summed E-state index contributed by atoms with van der Waals surface area (Å²) in [5.41, 5.74) is 2.49. The molecule has 3 aliphatic rings. The molecule has 6 rings (SSSR count). The second-order valence-electron chi connectivity index (χ2n) is 13.0. The van der Waals surface area contributed by atoms with E-state index in [1.165, 1.54) is 17.7 Å². The first-order valence-electron chi connectivity index (χ1n) is 17.0. The number of carboxylic acids is 1. The summed E-state index contributed by atoms with van der Waals surface area (Å²) >= 11 is 12.6. The number of amides is 2. The smallest absolute Gasteiger partial charge is 0.475 e. The lowest BCUT2D eigenvalue weighted by molar-refractivity contribution is -0.192. The Kier molecular flexibility index (Phi) is 13.3. The van der Waals surface area contributed by atoms with Crippen LogP contribution in [0.25, 0.3) is 0 Å². The van der Waals surface area contributed by atoms with Crippen molar-refractivity contribution in [1.82, 2.24) is 9.80 Å². The van der Waals surface area contributed by atoms with E-state index < -0.39 is 12.1 Å². The molecule has 0 bridgehead atoms. The van der Waals surface area contributed by atoms with Gasteiger partial charge in [-0.05, 0) is 118 Å². The second-order valence-corrected chi connectivity index (χ2v) is 13.8. The summed E-state index contributed by atoms with van der Waals surface area (Å²) in [5.74, 6) is -1.33. The Bertz CT molecular complexity index is 1710. The van der Waals surface area contributed by atoms with Crippen molar-refractivity contribution in [2.75, 3.05) is 51.0 Å². The molecule has 3 heterocycles. The lowest BCUT2D eigenvalue weighted by Crippen LogP contribution is -2.45. The Morgan fingerprint density at radius 3 is 2.13 bits per heavy atom. The number of fused-ring (bicyclic) bond motifs is 1. The highest BCUT2D eigenvalue weighted by molar-refractivity contribution is 6.42. The molecule has 52 heavy (non-hydrogen) atoms. The number of aliphatic carboxylic acids is 1. The third kappa shape index (κ3) is 10.5. The molecule has 2 saturated heterocycles. The average Bonchev–Trinajstić information content (AvgIpc) is 3.61. The number of alkyl halides is 3. The van der Waals surface area contributed by atoms with Gasteiger partial charge in [0, 0.05) is 36.8 Å². The number of anilines is 1. The first-order chi connectivity index (χ1) is 24.8. The van der Waals surface area contributed by atoms with Crippen LogP contribution in [-0.2, 0) is 16.0 Å². The minimum absolute atomic E-state index is 0.0570. The van der Waals surface area contributed by atoms with Gasteiger partial charge in [0.2, 0.25) is 12.7 Å². The van der Waals surface area contributed by atoms with Crippen LogP contribution in [0.3, 0.4) is 0 Å². The van der Waals surface area contributed by atoms with E-state index in [9.17, 15) is 27.2 Å². The zero-order valence-corrected chi connectivity index (χ0v) is 29.7. The number of carbonyl (C=O) groups is 3. The monoisotopic (exact) mass is 767 g/mol. The van der Waals surface area contributed by atoms with E-state index in [0.717, 1.165) is 51.0 Å². The zero-order valence-electron chi connectivity index (χ0n) is 28.2. The predicted octanol–water partition coefficient (Wildman–Crippen LogP) is 7.72. The van der Waals surface area contributed by atoms with Crippen LogP contribution in [0.2, 0.25) is 10.0 Å². The number of rotatable bonds is 9.